The van der Waals surface area contributed by atoms with E-state index in [9.17, 15) is 0 Å². The monoisotopic (exact) mass is 233 g/mol. The van der Waals surface area contributed by atoms with Crippen molar-refractivity contribution in [2.24, 2.45) is 5.73 Å². The minimum atomic E-state index is -0.00968. The van der Waals surface area contributed by atoms with Crippen LogP contribution in [-0.2, 0) is 0 Å². The summed E-state index contributed by atoms with van der Waals surface area (Å²) in [6, 6.07) is 0.523. The van der Waals surface area contributed by atoms with Gasteiger partial charge in [-0.25, -0.2) is 9.97 Å². The Balaban J connectivity index is 2.32. The zero-order chi connectivity index (χ0) is 12.3. The zero-order valence-electron chi connectivity index (χ0n) is 10.2. The SMILES string of the molecule is CCN(c1nccnc1C(=N)N)C1CCCC1. The average molecular weight is 233 g/mol. The van der Waals surface area contributed by atoms with Gasteiger partial charge in [-0.3, -0.25) is 5.41 Å². The summed E-state index contributed by atoms with van der Waals surface area (Å²) in [5.74, 6) is 0.749. The molecular formula is C12H19N5. The van der Waals surface area contributed by atoms with E-state index in [2.05, 4.69) is 21.8 Å². The van der Waals surface area contributed by atoms with Crippen molar-refractivity contribution in [1.29, 1.82) is 5.41 Å². The lowest BCUT2D eigenvalue weighted by Crippen LogP contribution is -2.35. The molecule has 5 nitrogen and oxygen atoms in total. The van der Waals surface area contributed by atoms with Gasteiger partial charge in [0.2, 0.25) is 0 Å². The van der Waals surface area contributed by atoms with E-state index < -0.39 is 0 Å². The van der Waals surface area contributed by atoms with Crippen LogP contribution in [-0.4, -0.2) is 28.4 Å². The second-order valence-electron chi connectivity index (χ2n) is 4.37. The van der Waals surface area contributed by atoms with E-state index in [4.69, 9.17) is 11.1 Å². The average Bonchev–Trinajstić information content (AvgIpc) is 2.84. The molecule has 0 spiro atoms. The number of nitrogen functional groups attached to an aromatic ring is 1. The summed E-state index contributed by atoms with van der Waals surface area (Å²) in [5.41, 5.74) is 6.06. The van der Waals surface area contributed by atoms with Crippen molar-refractivity contribution in [2.75, 3.05) is 11.4 Å². The quantitative estimate of drug-likeness (QED) is 0.610. The molecule has 0 radical (unpaired) electrons. The Morgan fingerprint density at radius 2 is 2.06 bits per heavy atom. The summed E-state index contributed by atoms with van der Waals surface area (Å²) in [6.45, 7) is 2.99. The molecule has 0 unspecified atom stereocenters. The lowest BCUT2D eigenvalue weighted by atomic mass is 10.2. The van der Waals surface area contributed by atoms with Crippen LogP contribution in [0.4, 0.5) is 5.82 Å². The van der Waals surface area contributed by atoms with Gasteiger partial charge in [-0.1, -0.05) is 12.8 Å². The molecule has 1 heterocycles. The van der Waals surface area contributed by atoms with Crippen LogP contribution in [0, 0.1) is 5.41 Å². The number of hydrogen-bond donors (Lipinski definition) is 2. The van der Waals surface area contributed by atoms with Crippen LogP contribution in [0.5, 0.6) is 0 Å². The number of rotatable bonds is 4. The number of amidine groups is 1. The smallest absolute Gasteiger partial charge is 0.158 e. The van der Waals surface area contributed by atoms with E-state index in [1.54, 1.807) is 12.4 Å². The molecule has 1 aliphatic rings. The molecule has 1 aromatic heterocycles. The summed E-state index contributed by atoms with van der Waals surface area (Å²) in [4.78, 5) is 10.8. The van der Waals surface area contributed by atoms with Crippen LogP contribution in [0.1, 0.15) is 38.3 Å². The van der Waals surface area contributed by atoms with E-state index in [0.29, 0.717) is 11.7 Å². The number of nitrogens with zero attached hydrogens (tertiary/aromatic N) is 3. The highest BCUT2D eigenvalue weighted by Gasteiger charge is 2.25. The molecule has 0 saturated heterocycles. The fourth-order valence-electron chi connectivity index (χ4n) is 2.53. The molecule has 1 saturated carbocycles. The molecule has 17 heavy (non-hydrogen) atoms. The molecule has 0 amide bonds. The van der Waals surface area contributed by atoms with Crippen molar-refractivity contribution in [3.05, 3.63) is 18.1 Å². The van der Waals surface area contributed by atoms with E-state index in [1.807, 2.05) is 0 Å². The fourth-order valence-corrected chi connectivity index (χ4v) is 2.53. The Labute approximate surface area is 102 Å². The summed E-state index contributed by atoms with van der Waals surface area (Å²) in [5, 5.41) is 7.56. The second kappa shape index (κ2) is 5.12. The molecule has 1 fully saturated rings. The van der Waals surface area contributed by atoms with E-state index in [0.717, 1.165) is 12.4 Å². The molecule has 0 atom stereocenters. The molecule has 0 aromatic carbocycles. The van der Waals surface area contributed by atoms with Crippen LogP contribution < -0.4 is 10.6 Å². The van der Waals surface area contributed by atoms with Gasteiger partial charge in [0, 0.05) is 25.0 Å². The number of nitrogens with one attached hydrogen (secondary N) is 1. The van der Waals surface area contributed by atoms with Crippen LogP contribution in [0.25, 0.3) is 0 Å². The maximum absolute atomic E-state index is 7.56. The van der Waals surface area contributed by atoms with E-state index in [1.165, 1.54) is 25.7 Å². The van der Waals surface area contributed by atoms with Gasteiger partial charge >= 0.3 is 0 Å². The topological polar surface area (TPSA) is 78.9 Å². The Bertz CT molecular complexity index is 398. The predicted octanol–water partition coefficient (Wildman–Crippen LogP) is 1.53. The number of nitrogens with two attached hydrogens (primary N) is 1. The minimum absolute atomic E-state index is 0.00968. The number of hydrogen-bond acceptors (Lipinski definition) is 4. The van der Waals surface area contributed by atoms with Crippen LogP contribution in [0.3, 0.4) is 0 Å². The lowest BCUT2D eigenvalue weighted by Gasteiger charge is -2.29. The maximum atomic E-state index is 7.56. The fraction of sp³-hybridized carbons (Fsp3) is 0.583. The highest BCUT2D eigenvalue weighted by Crippen LogP contribution is 2.27. The number of aromatic nitrogens is 2. The molecule has 92 valence electrons. The first kappa shape index (κ1) is 11.8. The Kier molecular flexibility index (Phi) is 3.56. The maximum Gasteiger partial charge on any atom is 0.158 e. The van der Waals surface area contributed by atoms with E-state index in [-0.39, 0.29) is 5.84 Å². The predicted molar refractivity (Wildman–Crippen MR) is 68.3 cm³/mol. The Morgan fingerprint density at radius 1 is 1.41 bits per heavy atom. The first-order valence-corrected chi connectivity index (χ1v) is 6.16. The summed E-state index contributed by atoms with van der Waals surface area (Å²) in [6.07, 6.45) is 8.19. The van der Waals surface area contributed by atoms with Gasteiger partial charge in [0.15, 0.2) is 5.82 Å². The Hall–Kier alpha value is -1.65. The van der Waals surface area contributed by atoms with Crippen molar-refractivity contribution in [1.82, 2.24) is 9.97 Å². The van der Waals surface area contributed by atoms with Gasteiger partial charge in [-0.15, -0.1) is 0 Å². The Morgan fingerprint density at radius 3 is 2.65 bits per heavy atom. The van der Waals surface area contributed by atoms with Gasteiger partial charge in [0.05, 0.1) is 0 Å². The molecule has 3 N–H and O–H groups in total. The van der Waals surface area contributed by atoms with Crippen LogP contribution in [0.15, 0.2) is 12.4 Å². The molecule has 2 rings (SSSR count). The highest BCUT2D eigenvalue weighted by atomic mass is 15.2. The molecule has 1 aromatic rings. The summed E-state index contributed by atoms with van der Waals surface area (Å²) >= 11 is 0. The van der Waals surface area contributed by atoms with E-state index >= 15 is 0 Å². The number of anilines is 1. The van der Waals surface area contributed by atoms with Gasteiger partial charge < -0.3 is 10.6 Å². The minimum Gasteiger partial charge on any atom is -0.382 e. The van der Waals surface area contributed by atoms with Gasteiger partial charge in [-0.2, -0.15) is 0 Å². The van der Waals surface area contributed by atoms with Gasteiger partial charge in [-0.05, 0) is 19.8 Å². The van der Waals surface area contributed by atoms with Gasteiger partial charge in [0.1, 0.15) is 11.5 Å². The second-order valence-corrected chi connectivity index (χ2v) is 4.37. The molecule has 0 bridgehead atoms. The van der Waals surface area contributed by atoms with Gasteiger partial charge in [0.25, 0.3) is 0 Å². The van der Waals surface area contributed by atoms with Crippen molar-refractivity contribution in [2.45, 2.75) is 38.6 Å². The first-order chi connectivity index (χ1) is 8.24. The summed E-state index contributed by atoms with van der Waals surface area (Å²) in [7, 11) is 0. The molecular weight excluding hydrogens is 214 g/mol. The lowest BCUT2D eigenvalue weighted by molar-refractivity contribution is 0.611. The molecule has 0 aliphatic heterocycles. The van der Waals surface area contributed by atoms with Crippen LogP contribution in [0.2, 0.25) is 0 Å². The molecule has 1 aliphatic carbocycles. The normalized spacial score (nSPS) is 16.1. The highest BCUT2D eigenvalue weighted by molar-refractivity contribution is 5.97. The van der Waals surface area contributed by atoms with Crippen molar-refractivity contribution in [3.63, 3.8) is 0 Å². The van der Waals surface area contributed by atoms with Crippen molar-refractivity contribution >= 4 is 11.7 Å². The third-order valence-electron chi connectivity index (χ3n) is 3.31. The van der Waals surface area contributed by atoms with Crippen molar-refractivity contribution in [3.8, 4) is 0 Å². The molecule has 5 heteroatoms. The zero-order valence-corrected chi connectivity index (χ0v) is 10.2. The van der Waals surface area contributed by atoms with Crippen LogP contribution >= 0.6 is 0 Å². The van der Waals surface area contributed by atoms with Crippen molar-refractivity contribution < 1.29 is 0 Å². The summed E-state index contributed by atoms with van der Waals surface area (Å²) < 4.78 is 0. The standard InChI is InChI=1S/C12H19N5/c1-2-17(9-5-3-4-6-9)12-10(11(13)14)15-7-8-16-12/h7-9H,2-6H2,1H3,(H3,13,14). The third kappa shape index (κ3) is 2.38. The largest absolute Gasteiger partial charge is 0.382 e. The first-order valence-electron chi connectivity index (χ1n) is 6.16. The third-order valence-corrected chi connectivity index (χ3v) is 3.31.